The second-order valence-corrected chi connectivity index (χ2v) is 6.35. The number of hydrogen-bond acceptors (Lipinski definition) is 2. The van der Waals surface area contributed by atoms with Gasteiger partial charge in [-0.25, -0.2) is 0 Å². The maximum absolute atomic E-state index is 12.6. The highest BCUT2D eigenvalue weighted by Crippen LogP contribution is 2.20. The molecule has 0 bridgehead atoms. The molecule has 0 aliphatic rings. The van der Waals surface area contributed by atoms with Gasteiger partial charge in [-0.15, -0.1) is 0 Å². The summed E-state index contributed by atoms with van der Waals surface area (Å²) >= 11 is 6.02. The van der Waals surface area contributed by atoms with Crippen molar-refractivity contribution in [3.8, 4) is 0 Å². The Morgan fingerprint density at radius 1 is 1.17 bits per heavy atom. The normalized spacial score (nSPS) is 10.7. The van der Waals surface area contributed by atoms with Crippen LogP contribution in [0, 0.1) is 6.92 Å². The third-order valence-electron chi connectivity index (χ3n) is 3.77. The van der Waals surface area contributed by atoms with E-state index in [-0.39, 0.29) is 18.5 Å². The molecule has 0 saturated heterocycles. The molecule has 2 rings (SSSR count). The predicted octanol–water partition coefficient (Wildman–Crippen LogP) is 4.50. The summed E-state index contributed by atoms with van der Waals surface area (Å²) in [4.78, 5) is 14.5. The van der Waals surface area contributed by atoms with Crippen LogP contribution in [0.1, 0.15) is 25.0 Å². The summed E-state index contributed by atoms with van der Waals surface area (Å²) in [6.45, 7) is 6.93. The lowest BCUT2D eigenvalue weighted by atomic mass is 10.2. The van der Waals surface area contributed by atoms with Crippen LogP contribution in [-0.2, 0) is 11.3 Å². The standard InChI is InChI=1S/C19H23ClN2O/c1-14(2)22(13-16-7-5-4-6-8-16)19(23)12-21-18-11-17(20)10-9-15(18)3/h4-11,14,21H,12-13H2,1-3H3. The monoisotopic (exact) mass is 330 g/mol. The summed E-state index contributed by atoms with van der Waals surface area (Å²) in [5.41, 5.74) is 3.10. The van der Waals surface area contributed by atoms with E-state index in [1.165, 1.54) is 0 Å². The lowest BCUT2D eigenvalue weighted by Crippen LogP contribution is -2.39. The molecule has 0 radical (unpaired) electrons. The Labute approximate surface area is 143 Å². The zero-order valence-electron chi connectivity index (χ0n) is 13.8. The number of amides is 1. The minimum atomic E-state index is 0.0724. The van der Waals surface area contributed by atoms with Crippen LogP contribution in [0.4, 0.5) is 5.69 Å². The van der Waals surface area contributed by atoms with Crippen LogP contribution in [0.5, 0.6) is 0 Å². The van der Waals surface area contributed by atoms with Gasteiger partial charge in [0.25, 0.3) is 0 Å². The third-order valence-corrected chi connectivity index (χ3v) is 4.00. The Balaban J connectivity index is 2.02. The van der Waals surface area contributed by atoms with Crippen molar-refractivity contribution in [1.82, 2.24) is 4.90 Å². The first-order valence-corrected chi connectivity index (χ1v) is 8.18. The van der Waals surface area contributed by atoms with Gasteiger partial charge in [-0.05, 0) is 44.0 Å². The highest BCUT2D eigenvalue weighted by molar-refractivity contribution is 6.30. The van der Waals surface area contributed by atoms with Crippen molar-refractivity contribution in [3.63, 3.8) is 0 Å². The van der Waals surface area contributed by atoms with Crippen molar-refractivity contribution >= 4 is 23.2 Å². The zero-order chi connectivity index (χ0) is 16.8. The number of halogens is 1. The summed E-state index contributed by atoms with van der Waals surface area (Å²) in [7, 11) is 0. The lowest BCUT2D eigenvalue weighted by Gasteiger charge is -2.27. The van der Waals surface area contributed by atoms with Gasteiger partial charge >= 0.3 is 0 Å². The average Bonchev–Trinajstić information content (AvgIpc) is 2.54. The largest absolute Gasteiger partial charge is 0.376 e. The van der Waals surface area contributed by atoms with Gasteiger partial charge in [0.05, 0.1) is 6.54 Å². The fraction of sp³-hybridized carbons (Fsp3) is 0.316. The molecule has 0 unspecified atom stereocenters. The fourth-order valence-corrected chi connectivity index (χ4v) is 2.57. The molecule has 0 aliphatic carbocycles. The van der Waals surface area contributed by atoms with E-state index in [2.05, 4.69) is 5.32 Å². The Morgan fingerprint density at radius 3 is 2.52 bits per heavy atom. The van der Waals surface area contributed by atoms with Gasteiger partial charge in [-0.3, -0.25) is 4.79 Å². The van der Waals surface area contributed by atoms with Crippen LogP contribution in [0.15, 0.2) is 48.5 Å². The molecule has 0 spiro atoms. The molecule has 122 valence electrons. The number of benzene rings is 2. The first-order valence-electron chi connectivity index (χ1n) is 7.81. The van der Waals surface area contributed by atoms with Crippen molar-refractivity contribution in [2.75, 3.05) is 11.9 Å². The van der Waals surface area contributed by atoms with Crippen molar-refractivity contribution in [3.05, 3.63) is 64.7 Å². The van der Waals surface area contributed by atoms with Gasteiger partial charge in [-0.2, -0.15) is 0 Å². The number of nitrogens with zero attached hydrogens (tertiary/aromatic N) is 1. The molecule has 0 aliphatic heterocycles. The number of carbonyl (C=O) groups is 1. The van der Waals surface area contributed by atoms with Gasteiger partial charge in [0.2, 0.25) is 5.91 Å². The van der Waals surface area contributed by atoms with E-state index in [1.807, 2.05) is 74.2 Å². The highest BCUT2D eigenvalue weighted by atomic mass is 35.5. The van der Waals surface area contributed by atoms with Gasteiger partial charge in [-0.1, -0.05) is 48.0 Å². The lowest BCUT2D eigenvalue weighted by molar-refractivity contribution is -0.131. The maximum atomic E-state index is 12.6. The molecule has 3 nitrogen and oxygen atoms in total. The first kappa shape index (κ1) is 17.4. The minimum absolute atomic E-state index is 0.0724. The molecule has 0 atom stereocenters. The van der Waals surface area contributed by atoms with Crippen LogP contribution < -0.4 is 5.32 Å². The number of carbonyl (C=O) groups excluding carboxylic acids is 1. The van der Waals surface area contributed by atoms with Crippen LogP contribution in [0.25, 0.3) is 0 Å². The molecule has 4 heteroatoms. The number of rotatable bonds is 6. The molecule has 2 aromatic rings. The van der Waals surface area contributed by atoms with Gasteiger partial charge < -0.3 is 10.2 Å². The van der Waals surface area contributed by atoms with Crippen LogP contribution >= 0.6 is 11.6 Å². The van der Waals surface area contributed by atoms with Gasteiger partial charge in [0.15, 0.2) is 0 Å². The summed E-state index contributed by atoms with van der Waals surface area (Å²) in [6.07, 6.45) is 0. The molecule has 0 heterocycles. The summed E-state index contributed by atoms with van der Waals surface area (Å²) in [5, 5.41) is 3.86. The third kappa shape index (κ3) is 5.00. The van der Waals surface area contributed by atoms with Crippen molar-refractivity contribution in [2.24, 2.45) is 0 Å². The fourth-order valence-electron chi connectivity index (χ4n) is 2.40. The second-order valence-electron chi connectivity index (χ2n) is 5.91. The summed E-state index contributed by atoms with van der Waals surface area (Å²) in [5.74, 6) is 0.0724. The summed E-state index contributed by atoms with van der Waals surface area (Å²) in [6, 6.07) is 15.8. The van der Waals surface area contributed by atoms with E-state index in [0.717, 1.165) is 16.8 Å². The Bertz CT molecular complexity index is 656. The molecule has 1 amide bonds. The Morgan fingerprint density at radius 2 is 1.87 bits per heavy atom. The van der Waals surface area contributed by atoms with Gasteiger partial charge in [0, 0.05) is 23.3 Å². The van der Waals surface area contributed by atoms with E-state index >= 15 is 0 Å². The molecule has 1 N–H and O–H groups in total. The number of hydrogen-bond donors (Lipinski definition) is 1. The van der Waals surface area contributed by atoms with E-state index in [4.69, 9.17) is 11.6 Å². The number of aryl methyl sites for hydroxylation is 1. The maximum Gasteiger partial charge on any atom is 0.242 e. The molecule has 0 saturated carbocycles. The average molecular weight is 331 g/mol. The van der Waals surface area contributed by atoms with E-state index < -0.39 is 0 Å². The molecule has 2 aromatic carbocycles. The van der Waals surface area contributed by atoms with Crippen LogP contribution in [0.2, 0.25) is 5.02 Å². The van der Waals surface area contributed by atoms with Crippen LogP contribution in [-0.4, -0.2) is 23.4 Å². The van der Waals surface area contributed by atoms with Crippen LogP contribution in [0.3, 0.4) is 0 Å². The highest BCUT2D eigenvalue weighted by Gasteiger charge is 2.17. The topological polar surface area (TPSA) is 32.3 Å². The summed E-state index contributed by atoms with van der Waals surface area (Å²) < 4.78 is 0. The zero-order valence-corrected chi connectivity index (χ0v) is 14.6. The number of anilines is 1. The Hall–Kier alpha value is -2.00. The van der Waals surface area contributed by atoms with Crippen molar-refractivity contribution in [1.29, 1.82) is 0 Å². The minimum Gasteiger partial charge on any atom is -0.376 e. The van der Waals surface area contributed by atoms with E-state index in [0.29, 0.717) is 11.6 Å². The Kier molecular flexibility index (Phi) is 6.05. The van der Waals surface area contributed by atoms with E-state index in [9.17, 15) is 4.79 Å². The predicted molar refractivity (Wildman–Crippen MR) is 96.8 cm³/mol. The SMILES string of the molecule is Cc1ccc(Cl)cc1NCC(=O)N(Cc1ccccc1)C(C)C. The van der Waals surface area contributed by atoms with Gasteiger partial charge in [0.1, 0.15) is 0 Å². The molecule has 23 heavy (non-hydrogen) atoms. The number of nitrogens with one attached hydrogen (secondary N) is 1. The quantitative estimate of drug-likeness (QED) is 0.846. The second kappa shape index (κ2) is 8.02. The molecule has 0 aromatic heterocycles. The molecule has 0 fully saturated rings. The van der Waals surface area contributed by atoms with Crippen molar-refractivity contribution in [2.45, 2.75) is 33.4 Å². The molecular formula is C19H23ClN2O. The van der Waals surface area contributed by atoms with E-state index in [1.54, 1.807) is 0 Å². The van der Waals surface area contributed by atoms with Crippen molar-refractivity contribution < 1.29 is 4.79 Å². The molecular weight excluding hydrogens is 308 g/mol. The smallest absolute Gasteiger partial charge is 0.242 e. The first-order chi connectivity index (χ1) is 11.0.